The molecule has 0 aromatic heterocycles. The van der Waals surface area contributed by atoms with E-state index in [0.29, 0.717) is 10.6 Å². The Morgan fingerprint density at radius 1 is 1.50 bits per heavy atom. The molecule has 0 radical (unpaired) electrons. The monoisotopic (exact) mass is 271 g/mol. The average molecular weight is 272 g/mol. The molecule has 1 atom stereocenters. The molecule has 0 aliphatic heterocycles. The minimum absolute atomic E-state index is 0.0431. The zero-order valence-corrected chi connectivity index (χ0v) is 10.7. The number of rotatable bonds is 6. The Morgan fingerprint density at radius 3 is 2.72 bits per heavy atom. The number of ether oxygens (including phenoxy) is 1. The number of benzene rings is 1. The van der Waals surface area contributed by atoms with Crippen LogP contribution in [0.5, 0.6) is 0 Å². The molecule has 1 rings (SSSR count). The molecule has 5 nitrogen and oxygen atoms in total. The SMILES string of the molecule is CCOC(=O)C[C@H](C[N+](=O)[O-])c1ccccc1Cl. The Kier molecular flexibility index (Phi) is 5.58. The van der Waals surface area contributed by atoms with Crippen molar-refractivity contribution < 1.29 is 14.5 Å². The molecule has 0 fully saturated rings. The molecular formula is C12H14ClNO4. The molecule has 0 bridgehead atoms. The maximum Gasteiger partial charge on any atom is 0.306 e. The third kappa shape index (κ3) is 4.33. The number of nitrogens with zero attached hydrogens (tertiary/aromatic N) is 1. The molecule has 6 heteroatoms. The number of hydrogen-bond donors (Lipinski definition) is 0. The van der Waals surface area contributed by atoms with Crippen LogP contribution in [0.25, 0.3) is 0 Å². The number of carbonyl (C=O) groups is 1. The van der Waals surface area contributed by atoms with E-state index in [2.05, 4.69) is 0 Å². The average Bonchev–Trinajstić information content (AvgIpc) is 2.28. The van der Waals surface area contributed by atoms with Crippen molar-refractivity contribution in [1.29, 1.82) is 0 Å². The van der Waals surface area contributed by atoms with Crippen LogP contribution >= 0.6 is 11.6 Å². The topological polar surface area (TPSA) is 69.4 Å². The molecule has 0 aliphatic carbocycles. The molecule has 0 aliphatic rings. The molecule has 0 amide bonds. The molecule has 0 saturated heterocycles. The summed E-state index contributed by atoms with van der Waals surface area (Å²) in [6, 6.07) is 6.81. The first kappa shape index (κ1) is 14.4. The van der Waals surface area contributed by atoms with Gasteiger partial charge >= 0.3 is 5.97 Å². The van der Waals surface area contributed by atoms with E-state index in [1.54, 1.807) is 31.2 Å². The molecule has 1 aromatic rings. The van der Waals surface area contributed by atoms with Crippen molar-refractivity contribution >= 4 is 17.6 Å². The van der Waals surface area contributed by atoms with Crippen LogP contribution in [-0.2, 0) is 9.53 Å². The molecular weight excluding hydrogens is 258 g/mol. The van der Waals surface area contributed by atoms with Gasteiger partial charge in [-0.05, 0) is 18.6 Å². The first-order valence-corrected chi connectivity index (χ1v) is 5.94. The van der Waals surface area contributed by atoms with Gasteiger partial charge in [-0.2, -0.15) is 0 Å². The summed E-state index contributed by atoms with van der Waals surface area (Å²) in [5.41, 5.74) is 0.601. The van der Waals surface area contributed by atoms with Gasteiger partial charge in [-0.1, -0.05) is 29.8 Å². The molecule has 0 spiro atoms. The van der Waals surface area contributed by atoms with Crippen LogP contribution in [-0.4, -0.2) is 24.0 Å². The van der Waals surface area contributed by atoms with Crippen LogP contribution in [0.15, 0.2) is 24.3 Å². The second-order valence-electron chi connectivity index (χ2n) is 3.74. The van der Waals surface area contributed by atoms with Crippen molar-refractivity contribution in [3.8, 4) is 0 Å². The van der Waals surface area contributed by atoms with Crippen molar-refractivity contribution in [3.05, 3.63) is 45.0 Å². The summed E-state index contributed by atoms with van der Waals surface area (Å²) in [6.07, 6.45) is -0.0431. The number of carbonyl (C=O) groups excluding carboxylic acids is 1. The molecule has 1 aromatic carbocycles. The fourth-order valence-corrected chi connectivity index (χ4v) is 1.97. The quantitative estimate of drug-likeness (QED) is 0.453. The maximum atomic E-state index is 11.4. The van der Waals surface area contributed by atoms with Gasteiger partial charge in [0.15, 0.2) is 0 Å². The maximum absolute atomic E-state index is 11.4. The fraction of sp³-hybridized carbons (Fsp3) is 0.417. The first-order chi connectivity index (χ1) is 8.54. The van der Waals surface area contributed by atoms with Crippen LogP contribution < -0.4 is 0 Å². The number of esters is 1. The summed E-state index contributed by atoms with van der Waals surface area (Å²) in [5.74, 6) is -1.02. The van der Waals surface area contributed by atoms with Gasteiger partial charge in [-0.25, -0.2) is 0 Å². The van der Waals surface area contributed by atoms with Crippen LogP contribution in [0.4, 0.5) is 0 Å². The minimum Gasteiger partial charge on any atom is -0.466 e. The van der Waals surface area contributed by atoms with Crippen LogP contribution in [0, 0.1) is 10.1 Å². The van der Waals surface area contributed by atoms with Crippen molar-refractivity contribution in [2.75, 3.05) is 13.2 Å². The summed E-state index contributed by atoms with van der Waals surface area (Å²) in [5, 5.41) is 11.1. The molecule has 0 heterocycles. The smallest absolute Gasteiger partial charge is 0.306 e. The predicted octanol–water partition coefficient (Wildman–Crippen LogP) is 2.65. The zero-order valence-electron chi connectivity index (χ0n) is 9.97. The Balaban J connectivity index is 2.88. The van der Waals surface area contributed by atoms with Gasteiger partial charge in [-0.3, -0.25) is 14.9 Å². The van der Waals surface area contributed by atoms with E-state index in [0.717, 1.165) is 0 Å². The van der Waals surface area contributed by atoms with Gasteiger partial charge < -0.3 is 4.74 Å². The molecule has 0 saturated carbocycles. The lowest BCUT2D eigenvalue weighted by Crippen LogP contribution is -2.18. The van der Waals surface area contributed by atoms with Crippen molar-refractivity contribution in [2.45, 2.75) is 19.3 Å². The number of halogens is 1. The fourth-order valence-electron chi connectivity index (χ4n) is 1.68. The highest BCUT2D eigenvalue weighted by atomic mass is 35.5. The van der Waals surface area contributed by atoms with E-state index < -0.39 is 16.8 Å². The Morgan fingerprint density at radius 2 is 2.17 bits per heavy atom. The molecule has 18 heavy (non-hydrogen) atoms. The largest absolute Gasteiger partial charge is 0.466 e. The first-order valence-electron chi connectivity index (χ1n) is 5.56. The second-order valence-corrected chi connectivity index (χ2v) is 4.15. The lowest BCUT2D eigenvalue weighted by Gasteiger charge is -2.13. The standard InChI is InChI=1S/C12H14ClNO4/c1-2-18-12(15)7-9(8-14(16)17)10-5-3-4-6-11(10)13/h3-6,9H,2,7-8H2,1H3/t9-/m1/s1. The van der Waals surface area contributed by atoms with Gasteiger partial charge in [0.25, 0.3) is 0 Å². The van der Waals surface area contributed by atoms with Crippen molar-refractivity contribution in [3.63, 3.8) is 0 Å². The van der Waals surface area contributed by atoms with Gasteiger partial charge in [0.05, 0.1) is 18.9 Å². The second kappa shape index (κ2) is 6.96. The minimum atomic E-state index is -0.562. The highest BCUT2D eigenvalue weighted by Gasteiger charge is 2.23. The van der Waals surface area contributed by atoms with E-state index in [9.17, 15) is 14.9 Å². The Bertz CT molecular complexity index is 436. The molecule has 0 N–H and O–H groups in total. The van der Waals surface area contributed by atoms with Gasteiger partial charge in [-0.15, -0.1) is 0 Å². The zero-order chi connectivity index (χ0) is 13.5. The molecule has 0 unspecified atom stereocenters. The van der Waals surface area contributed by atoms with E-state index in [1.807, 2.05) is 0 Å². The van der Waals surface area contributed by atoms with Crippen LogP contribution in [0.1, 0.15) is 24.8 Å². The highest BCUT2D eigenvalue weighted by molar-refractivity contribution is 6.31. The highest BCUT2D eigenvalue weighted by Crippen LogP contribution is 2.27. The van der Waals surface area contributed by atoms with E-state index in [4.69, 9.17) is 16.3 Å². The van der Waals surface area contributed by atoms with Crippen molar-refractivity contribution in [1.82, 2.24) is 0 Å². The van der Waals surface area contributed by atoms with Gasteiger partial charge in [0, 0.05) is 9.95 Å². The summed E-state index contributed by atoms with van der Waals surface area (Å²) >= 11 is 5.99. The lowest BCUT2D eigenvalue weighted by atomic mass is 9.96. The Hall–Kier alpha value is -1.62. The third-order valence-corrected chi connectivity index (χ3v) is 2.78. The van der Waals surface area contributed by atoms with E-state index in [-0.39, 0.29) is 19.6 Å². The summed E-state index contributed by atoms with van der Waals surface area (Å²) in [6.45, 7) is 1.60. The lowest BCUT2D eigenvalue weighted by molar-refractivity contribution is -0.483. The van der Waals surface area contributed by atoms with Crippen molar-refractivity contribution in [2.24, 2.45) is 0 Å². The number of hydrogen-bond acceptors (Lipinski definition) is 4. The van der Waals surface area contributed by atoms with Crippen LogP contribution in [0.2, 0.25) is 5.02 Å². The third-order valence-electron chi connectivity index (χ3n) is 2.43. The summed E-state index contributed by atoms with van der Waals surface area (Å²) < 4.78 is 4.81. The predicted molar refractivity (Wildman–Crippen MR) is 67.3 cm³/mol. The summed E-state index contributed by atoms with van der Waals surface area (Å²) in [4.78, 5) is 21.6. The van der Waals surface area contributed by atoms with Gasteiger partial charge in [0.2, 0.25) is 6.54 Å². The number of nitro groups is 1. The summed E-state index contributed by atoms with van der Waals surface area (Å²) in [7, 11) is 0. The normalized spacial score (nSPS) is 11.9. The Labute approximate surface area is 110 Å². The van der Waals surface area contributed by atoms with E-state index >= 15 is 0 Å². The van der Waals surface area contributed by atoms with Crippen LogP contribution in [0.3, 0.4) is 0 Å². The van der Waals surface area contributed by atoms with Gasteiger partial charge in [0.1, 0.15) is 0 Å². The molecule has 98 valence electrons. The van der Waals surface area contributed by atoms with E-state index in [1.165, 1.54) is 0 Å².